The molecule has 0 spiro atoms. The summed E-state index contributed by atoms with van der Waals surface area (Å²) in [4.78, 5) is 14.9. The lowest BCUT2D eigenvalue weighted by molar-refractivity contribution is -0.150. The largest absolute Gasteiger partial charge is 0.367 e. The molecular formula is C18H27ClN2O2. The highest BCUT2D eigenvalue weighted by Gasteiger charge is 2.34. The summed E-state index contributed by atoms with van der Waals surface area (Å²) in [5, 5.41) is 3.42. The van der Waals surface area contributed by atoms with Crippen molar-refractivity contribution in [3.63, 3.8) is 0 Å². The zero-order valence-corrected chi connectivity index (χ0v) is 14.7. The molecule has 2 heterocycles. The Kier molecular flexibility index (Phi) is 6.45. The minimum absolute atomic E-state index is 0. The lowest BCUT2D eigenvalue weighted by Crippen LogP contribution is -2.50. The van der Waals surface area contributed by atoms with E-state index < -0.39 is 0 Å². The first-order valence-corrected chi connectivity index (χ1v) is 8.36. The number of hydrogen-bond donors (Lipinski definition) is 1. The number of halogens is 1. The van der Waals surface area contributed by atoms with Gasteiger partial charge in [-0.05, 0) is 38.8 Å². The summed E-state index contributed by atoms with van der Waals surface area (Å²) in [6, 6.07) is 10.7. The number of benzene rings is 1. The monoisotopic (exact) mass is 338 g/mol. The van der Waals surface area contributed by atoms with Crippen LogP contribution in [0.25, 0.3) is 0 Å². The van der Waals surface area contributed by atoms with Crippen molar-refractivity contribution >= 4 is 18.3 Å². The van der Waals surface area contributed by atoms with Crippen LogP contribution in [0.5, 0.6) is 0 Å². The van der Waals surface area contributed by atoms with Gasteiger partial charge in [-0.25, -0.2) is 0 Å². The Bertz CT molecular complexity index is 511. The van der Waals surface area contributed by atoms with Crippen LogP contribution in [-0.4, -0.2) is 42.6 Å². The molecule has 5 heteroatoms. The van der Waals surface area contributed by atoms with Gasteiger partial charge >= 0.3 is 0 Å². The smallest absolute Gasteiger partial charge is 0.225 e. The number of ether oxygens (including phenoxy) is 1. The van der Waals surface area contributed by atoms with E-state index in [0.29, 0.717) is 25.0 Å². The van der Waals surface area contributed by atoms with Crippen LogP contribution in [-0.2, 0) is 9.53 Å². The van der Waals surface area contributed by atoms with Crippen molar-refractivity contribution < 1.29 is 9.53 Å². The number of carbonyl (C=O) groups is 1. The van der Waals surface area contributed by atoms with E-state index in [1.54, 1.807) is 0 Å². The van der Waals surface area contributed by atoms with Crippen molar-refractivity contribution in [1.82, 2.24) is 10.2 Å². The van der Waals surface area contributed by atoms with Crippen molar-refractivity contribution in [2.24, 2.45) is 5.92 Å². The van der Waals surface area contributed by atoms with Gasteiger partial charge in [-0.2, -0.15) is 0 Å². The molecule has 1 N–H and O–H groups in total. The second-order valence-corrected chi connectivity index (χ2v) is 6.67. The molecule has 2 fully saturated rings. The Balaban J connectivity index is 0.00000192. The van der Waals surface area contributed by atoms with Gasteiger partial charge in [0.2, 0.25) is 5.91 Å². The van der Waals surface area contributed by atoms with E-state index in [1.165, 1.54) is 0 Å². The molecule has 4 nitrogen and oxygen atoms in total. The molecule has 128 valence electrons. The zero-order chi connectivity index (χ0) is 15.5. The third-order valence-electron chi connectivity index (χ3n) is 4.72. The fraction of sp³-hybridized carbons (Fsp3) is 0.611. The topological polar surface area (TPSA) is 41.6 Å². The first-order valence-electron chi connectivity index (χ1n) is 8.36. The third-order valence-corrected chi connectivity index (χ3v) is 4.72. The maximum atomic E-state index is 12.9. The van der Waals surface area contributed by atoms with Crippen LogP contribution in [0.1, 0.15) is 38.4 Å². The molecule has 0 aromatic heterocycles. The van der Waals surface area contributed by atoms with Crippen LogP contribution in [0.4, 0.5) is 0 Å². The SMILES string of the molecule is CC1CN(C(=O)[C@H]2CCN[C@@H](C)C2)CC(c2ccccc2)O1.Cl. The number of morpholine rings is 1. The van der Waals surface area contributed by atoms with Gasteiger partial charge in [0.05, 0.1) is 12.6 Å². The molecule has 0 saturated carbocycles. The van der Waals surface area contributed by atoms with Crippen LogP contribution in [0.15, 0.2) is 30.3 Å². The summed E-state index contributed by atoms with van der Waals surface area (Å²) in [5.41, 5.74) is 1.16. The maximum absolute atomic E-state index is 12.9. The molecule has 1 aromatic carbocycles. The van der Waals surface area contributed by atoms with Gasteiger partial charge in [-0.15, -0.1) is 12.4 Å². The quantitative estimate of drug-likeness (QED) is 0.901. The van der Waals surface area contributed by atoms with Gasteiger partial charge in [0, 0.05) is 18.5 Å². The van der Waals surface area contributed by atoms with E-state index in [0.717, 1.165) is 24.9 Å². The summed E-state index contributed by atoms with van der Waals surface area (Å²) in [7, 11) is 0. The van der Waals surface area contributed by atoms with Gasteiger partial charge in [0.25, 0.3) is 0 Å². The Morgan fingerprint density at radius 3 is 2.65 bits per heavy atom. The first kappa shape index (κ1) is 18.2. The van der Waals surface area contributed by atoms with Crippen LogP contribution < -0.4 is 5.32 Å². The Morgan fingerprint density at radius 1 is 1.22 bits per heavy atom. The van der Waals surface area contributed by atoms with Crippen molar-refractivity contribution in [2.75, 3.05) is 19.6 Å². The highest BCUT2D eigenvalue weighted by Crippen LogP contribution is 2.27. The minimum Gasteiger partial charge on any atom is -0.367 e. The van der Waals surface area contributed by atoms with E-state index in [9.17, 15) is 4.79 Å². The number of hydrogen-bond acceptors (Lipinski definition) is 3. The van der Waals surface area contributed by atoms with Gasteiger partial charge in [-0.3, -0.25) is 4.79 Å². The van der Waals surface area contributed by atoms with Crippen LogP contribution in [0.2, 0.25) is 0 Å². The lowest BCUT2D eigenvalue weighted by atomic mass is 9.91. The van der Waals surface area contributed by atoms with Gasteiger partial charge < -0.3 is 15.0 Å². The van der Waals surface area contributed by atoms with Gasteiger partial charge in [-0.1, -0.05) is 30.3 Å². The number of piperidine rings is 1. The lowest BCUT2D eigenvalue weighted by Gasteiger charge is -2.39. The molecule has 4 atom stereocenters. The Morgan fingerprint density at radius 2 is 1.96 bits per heavy atom. The second-order valence-electron chi connectivity index (χ2n) is 6.67. The Hall–Kier alpha value is -1.10. The number of nitrogens with zero attached hydrogens (tertiary/aromatic N) is 1. The first-order chi connectivity index (χ1) is 10.6. The predicted molar refractivity (Wildman–Crippen MR) is 93.7 cm³/mol. The molecule has 0 aliphatic carbocycles. The third kappa shape index (κ3) is 4.46. The van der Waals surface area contributed by atoms with Crippen molar-refractivity contribution in [3.05, 3.63) is 35.9 Å². The molecular weight excluding hydrogens is 312 g/mol. The summed E-state index contributed by atoms with van der Waals surface area (Å²) in [5.74, 6) is 0.474. The average molecular weight is 339 g/mol. The molecule has 0 bridgehead atoms. The van der Waals surface area contributed by atoms with Gasteiger partial charge in [0.1, 0.15) is 6.10 Å². The summed E-state index contributed by atoms with van der Waals surface area (Å²) >= 11 is 0. The summed E-state index contributed by atoms with van der Waals surface area (Å²) < 4.78 is 6.05. The van der Waals surface area contributed by atoms with E-state index in [4.69, 9.17) is 4.74 Å². The second kappa shape index (κ2) is 8.13. The van der Waals surface area contributed by atoms with Crippen LogP contribution >= 0.6 is 12.4 Å². The Labute approximate surface area is 145 Å². The molecule has 23 heavy (non-hydrogen) atoms. The summed E-state index contributed by atoms with van der Waals surface area (Å²) in [6.45, 7) is 6.54. The van der Waals surface area contributed by atoms with Crippen LogP contribution in [0, 0.1) is 5.92 Å². The molecule has 2 unspecified atom stereocenters. The number of amides is 1. The highest BCUT2D eigenvalue weighted by atomic mass is 35.5. The predicted octanol–water partition coefficient (Wildman–Crippen LogP) is 2.78. The molecule has 2 aliphatic heterocycles. The molecule has 2 saturated heterocycles. The van der Waals surface area contributed by atoms with Gasteiger partial charge in [0.15, 0.2) is 0 Å². The fourth-order valence-electron chi connectivity index (χ4n) is 3.60. The average Bonchev–Trinajstić information content (AvgIpc) is 2.54. The van der Waals surface area contributed by atoms with Crippen molar-refractivity contribution in [1.29, 1.82) is 0 Å². The number of rotatable bonds is 2. The summed E-state index contributed by atoms with van der Waals surface area (Å²) in [6.07, 6.45) is 1.97. The van der Waals surface area contributed by atoms with E-state index >= 15 is 0 Å². The van der Waals surface area contributed by atoms with E-state index in [1.807, 2.05) is 23.1 Å². The molecule has 1 aromatic rings. The number of carbonyl (C=O) groups excluding carboxylic acids is 1. The standard InChI is InChI=1S/C18H26N2O2.ClH/c1-13-10-16(8-9-19-13)18(21)20-11-14(2)22-17(12-20)15-6-4-3-5-7-15;/h3-7,13-14,16-17,19H,8-12H2,1-2H3;1H/t13-,14?,16-,17?;/m0./s1. The van der Waals surface area contributed by atoms with Crippen molar-refractivity contribution in [3.8, 4) is 0 Å². The van der Waals surface area contributed by atoms with E-state index in [2.05, 4.69) is 31.3 Å². The van der Waals surface area contributed by atoms with Crippen molar-refractivity contribution in [2.45, 2.75) is 44.9 Å². The number of nitrogens with one attached hydrogen (secondary N) is 1. The van der Waals surface area contributed by atoms with Crippen LogP contribution in [0.3, 0.4) is 0 Å². The fourth-order valence-corrected chi connectivity index (χ4v) is 3.60. The minimum atomic E-state index is -0.00645. The highest BCUT2D eigenvalue weighted by molar-refractivity contribution is 5.85. The maximum Gasteiger partial charge on any atom is 0.225 e. The zero-order valence-electron chi connectivity index (χ0n) is 13.9. The molecule has 2 aliphatic rings. The normalized spacial score (nSPS) is 31.3. The molecule has 0 radical (unpaired) electrons. The molecule has 1 amide bonds. The molecule has 3 rings (SSSR count). The van der Waals surface area contributed by atoms with E-state index in [-0.39, 0.29) is 30.5 Å².